The molecular weight excluding hydrogens is 253 g/mol. The number of aliphatic hydroxyl groups excluding tert-OH is 1. The molecule has 1 saturated carbocycles. The van der Waals surface area contributed by atoms with Crippen LogP contribution in [0.2, 0.25) is 0 Å². The summed E-state index contributed by atoms with van der Waals surface area (Å²) in [4.78, 5) is 0. The van der Waals surface area contributed by atoms with E-state index in [4.69, 9.17) is 0 Å². The van der Waals surface area contributed by atoms with Crippen molar-refractivity contribution in [1.29, 1.82) is 0 Å². The van der Waals surface area contributed by atoms with Gasteiger partial charge in [-0.1, -0.05) is 19.1 Å². The van der Waals surface area contributed by atoms with Crippen LogP contribution in [0, 0.1) is 11.7 Å². The lowest BCUT2D eigenvalue weighted by molar-refractivity contribution is 0.111. The second-order valence-corrected chi connectivity index (χ2v) is 6.47. The van der Waals surface area contributed by atoms with E-state index < -0.39 is 0 Å². The molecule has 0 bridgehead atoms. The van der Waals surface area contributed by atoms with E-state index in [9.17, 15) is 9.50 Å². The van der Waals surface area contributed by atoms with Crippen LogP contribution in [0.25, 0.3) is 0 Å². The molecule has 0 amide bonds. The van der Waals surface area contributed by atoms with Crippen molar-refractivity contribution in [2.24, 2.45) is 5.92 Å². The highest BCUT2D eigenvalue weighted by Crippen LogP contribution is 2.36. The van der Waals surface area contributed by atoms with Gasteiger partial charge in [0.05, 0.1) is 6.10 Å². The maximum atomic E-state index is 13.9. The summed E-state index contributed by atoms with van der Waals surface area (Å²) in [6, 6.07) is 6.19. The molecule has 1 fully saturated rings. The van der Waals surface area contributed by atoms with Gasteiger partial charge in [-0.25, -0.2) is 4.39 Å². The van der Waals surface area contributed by atoms with E-state index in [1.54, 1.807) is 6.07 Å². The first-order chi connectivity index (χ1) is 9.65. The Labute approximate surface area is 120 Å². The van der Waals surface area contributed by atoms with Gasteiger partial charge >= 0.3 is 0 Å². The van der Waals surface area contributed by atoms with Crippen LogP contribution < -0.4 is 5.32 Å². The molecule has 0 saturated heterocycles. The first-order valence-corrected chi connectivity index (χ1v) is 7.86. The highest BCUT2D eigenvalue weighted by molar-refractivity contribution is 5.34. The van der Waals surface area contributed by atoms with Crippen molar-refractivity contribution in [2.45, 2.75) is 63.6 Å². The molecule has 2 unspecified atom stereocenters. The van der Waals surface area contributed by atoms with Gasteiger partial charge in [0.25, 0.3) is 0 Å². The molecule has 2 aliphatic carbocycles. The molecule has 0 aromatic heterocycles. The van der Waals surface area contributed by atoms with Crippen LogP contribution in [-0.4, -0.2) is 17.3 Å². The third-order valence-electron chi connectivity index (χ3n) is 5.02. The highest BCUT2D eigenvalue weighted by Gasteiger charge is 2.30. The standard InChI is InChI=1S/C17H24FNO/c1-11-5-10-14-15(3-2-4-16(14)18)17(11)19-12-6-8-13(20)9-7-12/h2-4,11-13,17,19-20H,5-10H2,1H3. The van der Waals surface area contributed by atoms with E-state index in [1.807, 2.05) is 6.07 Å². The summed E-state index contributed by atoms with van der Waals surface area (Å²) >= 11 is 0. The van der Waals surface area contributed by atoms with Gasteiger partial charge in [-0.05, 0) is 61.6 Å². The Morgan fingerprint density at radius 1 is 1.15 bits per heavy atom. The van der Waals surface area contributed by atoms with Crippen LogP contribution in [-0.2, 0) is 6.42 Å². The normalized spacial score (nSPS) is 33.8. The monoisotopic (exact) mass is 277 g/mol. The Bertz CT molecular complexity index is 468. The zero-order chi connectivity index (χ0) is 14.1. The SMILES string of the molecule is CC1CCc2c(F)cccc2C1NC1CCC(O)CC1. The molecule has 0 aliphatic heterocycles. The maximum Gasteiger partial charge on any atom is 0.126 e. The predicted molar refractivity (Wildman–Crippen MR) is 78.0 cm³/mol. The molecule has 0 heterocycles. The summed E-state index contributed by atoms with van der Waals surface area (Å²) in [5.74, 6) is 0.483. The third-order valence-corrected chi connectivity index (χ3v) is 5.02. The zero-order valence-electron chi connectivity index (χ0n) is 12.1. The van der Waals surface area contributed by atoms with Crippen molar-refractivity contribution in [3.63, 3.8) is 0 Å². The molecular formula is C17H24FNO. The Morgan fingerprint density at radius 2 is 1.90 bits per heavy atom. The van der Waals surface area contributed by atoms with Gasteiger partial charge in [0.2, 0.25) is 0 Å². The van der Waals surface area contributed by atoms with E-state index in [0.717, 1.165) is 49.7 Å². The lowest BCUT2D eigenvalue weighted by Gasteiger charge is -2.37. The van der Waals surface area contributed by atoms with E-state index >= 15 is 0 Å². The topological polar surface area (TPSA) is 32.3 Å². The lowest BCUT2D eigenvalue weighted by atomic mass is 9.79. The van der Waals surface area contributed by atoms with Crippen LogP contribution in [0.3, 0.4) is 0 Å². The number of hydrogen-bond donors (Lipinski definition) is 2. The van der Waals surface area contributed by atoms with E-state index in [-0.39, 0.29) is 18.0 Å². The molecule has 3 heteroatoms. The third kappa shape index (κ3) is 2.75. The molecule has 2 nitrogen and oxygen atoms in total. The Morgan fingerprint density at radius 3 is 2.65 bits per heavy atom. The van der Waals surface area contributed by atoms with Crippen LogP contribution in [0.5, 0.6) is 0 Å². The van der Waals surface area contributed by atoms with Gasteiger partial charge in [-0.15, -0.1) is 0 Å². The molecule has 110 valence electrons. The molecule has 0 radical (unpaired) electrons. The fourth-order valence-corrected chi connectivity index (χ4v) is 3.73. The summed E-state index contributed by atoms with van der Waals surface area (Å²) in [6.45, 7) is 2.25. The fourth-order valence-electron chi connectivity index (χ4n) is 3.73. The minimum absolute atomic E-state index is 0.0553. The van der Waals surface area contributed by atoms with E-state index in [1.165, 1.54) is 0 Å². The van der Waals surface area contributed by atoms with Gasteiger partial charge in [-0.2, -0.15) is 0 Å². The van der Waals surface area contributed by atoms with Crippen molar-refractivity contribution >= 4 is 0 Å². The second-order valence-electron chi connectivity index (χ2n) is 6.47. The summed E-state index contributed by atoms with van der Waals surface area (Å²) in [5, 5.41) is 13.3. The van der Waals surface area contributed by atoms with Crippen molar-refractivity contribution in [2.75, 3.05) is 0 Å². The van der Waals surface area contributed by atoms with Gasteiger partial charge in [-0.3, -0.25) is 0 Å². The number of hydrogen-bond acceptors (Lipinski definition) is 2. The van der Waals surface area contributed by atoms with Gasteiger partial charge in [0, 0.05) is 12.1 Å². The minimum atomic E-state index is -0.124. The van der Waals surface area contributed by atoms with Crippen LogP contribution in [0.4, 0.5) is 4.39 Å². The predicted octanol–water partition coefficient (Wildman–Crippen LogP) is 3.34. The van der Waals surface area contributed by atoms with Crippen molar-refractivity contribution in [3.8, 4) is 0 Å². The van der Waals surface area contributed by atoms with Gasteiger partial charge < -0.3 is 10.4 Å². The quantitative estimate of drug-likeness (QED) is 0.869. The number of fused-ring (bicyclic) bond motifs is 1. The second kappa shape index (κ2) is 5.82. The van der Waals surface area contributed by atoms with E-state index in [2.05, 4.69) is 18.3 Å². The number of aliphatic hydroxyl groups is 1. The largest absolute Gasteiger partial charge is 0.393 e. The zero-order valence-corrected chi connectivity index (χ0v) is 12.1. The molecule has 3 rings (SSSR count). The minimum Gasteiger partial charge on any atom is -0.393 e. The number of benzene rings is 1. The maximum absolute atomic E-state index is 13.9. The molecule has 0 spiro atoms. The van der Waals surface area contributed by atoms with Crippen molar-refractivity contribution in [3.05, 3.63) is 35.1 Å². The summed E-state index contributed by atoms with van der Waals surface area (Å²) < 4.78 is 13.9. The number of halogens is 1. The lowest BCUT2D eigenvalue weighted by Crippen LogP contribution is -2.41. The van der Waals surface area contributed by atoms with Crippen LogP contribution in [0.1, 0.15) is 56.2 Å². The number of nitrogens with one attached hydrogen (secondary N) is 1. The summed E-state index contributed by atoms with van der Waals surface area (Å²) in [7, 11) is 0. The molecule has 1 aromatic carbocycles. The Kier molecular flexibility index (Phi) is 4.08. The molecule has 2 N–H and O–H groups in total. The van der Waals surface area contributed by atoms with Crippen LogP contribution >= 0.6 is 0 Å². The number of rotatable bonds is 2. The average Bonchev–Trinajstić information content (AvgIpc) is 2.44. The highest BCUT2D eigenvalue weighted by atomic mass is 19.1. The fraction of sp³-hybridized carbons (Fsp3) is 0.647. The first kappa shape index (κ1) is 14.0. The molecule has 2 aliphatic rings. The van der Waals surface area contributed by atoms with Crippen molar-refractivity contribution < 1.29 is 9.50 Å². The smallest absolute Gasteiger partial charge is 0.126 e. The van der Waals surface area contributed by atoms with E-state index in [0.29, 0.717) is 12.0 Å². The summed E-state index contributed by atoms with van der Waals surface area (Å²) in [5.41, 5.74) is 2.05. The average molecular weight is 277 g/mol. The first-order valence-electron chi connectivity index (χ1n) is 7.86. The molecule has 2 atom stereocenters. The molecule has 1 aromatic rings. The van der Waals surface area contributed by atoms with Gasteiger partial charge in [0.15, 0.2) is 0 Å². The Hall–Kier alpha value is -0.930. The Balaban J connectivity index is 1.77. The molecule has 20 heavy (non-hydrogen) atoms. The summed E-state index contributed by atoms with van der Waals surface area (Å²) in [6.07, 6.45) is 5.58. The van der Waals surface area contributed by atoms with Crippen molar-refractivity contribution in [1.82, 2.24) is 5.32 Å². The van der Waals surface area contributed by atoms with Gasteiger partial charge in [0.1, 0.15) is 5.82 Å². The van der Waals surface area contributed by atoms with Crippen LogP contribution in [0.15, 0.2) is 18.2 Å².